The summed E-state index contributed by atoms with van der Waals surface area (Å²) in [5.41, 5.74) is 6.21. The number of halogens is 1. The molecule has 0 unspecified atom stereocenters. The lowest BCUT2D eigenvalue weighted by Gasteiger charge is -2.27. The molecule has 1 aliphatic rings. The Morgan fingerprint density at radius 2 is 1.85 bits per heavy atom. The summed E-state index contributed by atoms with van der Waals surface area (Å²) >= 11 is 0. The van der Waals surface area contributed by atoms with Gasteiger partial charge < -0.3 is 19.9 Å². The smallest absolute Gasteiger partial charge is 0.338 e. The van der Waals surface area contributed by atoms with Crippen LogP contribution in [0.15, 0.2) is 47.1 Å². The van der Waals surface area contributed by atoms with Crippen LogP contribution in [-0.4, -0.2) is 25.2 Å². The minimum absolute atomic E-state index is 0.0303. The lowest BCUT2D eigenvalue weighted by molar-refractivity contribution is -0.143. The molecule has 2 N–H and O–H groups in total. The molecule has 0 aliphatic carbocycles. The minimum Gasteiger partial charge on any atom is -0.466 e. The monoisotopic (exact) mass is 374 g/mol. The Bertz CT molecular complexity index is 837. The van der Waals surface area contributed by atoms with Crippen molar-refractivity contribution in [2.45, 2.75) is 26.2 Å². The SMILES string of the molecule is CCOC(=O)CC1=C(C(=O)OCC)[C@H](c2ccc(F)cc2)C(C#N)=C(N)O1. The fraction of sp³-hybridized carbons (Fsp3) is 0.316. The van der Waals surface area contributed by atoms with E-state index in [1.54, 1.807) is 13.8 Å². The van der Waals surface area contributed by atoms with Gasteiger partial charge in [0.15, 0.2) is 0 Å². The minimum atomic E-state index is -0.951. The first-order valence-electron chi connectivity index (χ1n) is 8.31. The standard InChI is InChI=1S/C19H19FN2O5/c1-3-25-15(23)9-14-17(19(24)26-4-2)16(13(10-21)18(22)27-14)11-5-7-12(20)8-6-11/h5-8,16H,3-4,9,22H2,1-2H3/t16-/m1/s1. The van der Waals surface area contributed by atoms with E-state index in [-0.39, 0.29) is 42.4 Å². The van der Waals surface area contributed by atoms with Gasteiger partial charge in [0.1, 0.15) is 29.6 Å². The summed E-state index contributed by atoms with van der Waals surface area (Å²) in [6, 6.07) is 7.17. The normalized spacial score (nSPS) is 16.4. The zero-order chi connectivity index (χ0) is 20.0. The topological polar surface area (TPSA) is 112 Å². The number of nitriles is 1. The molecule has 1 atom stereocenters. The maximum absolute atomic E-state index is 13.3. The van der Waals surface area contributed by atoms with Crippen LogP contribution in [0.1, 0.15) is 31.7 Å². The molecule has 1 heterocycles. The van der Waals surface area contributed by atoms with Gasteiger partial charge in [-0.1, -0.05) is 12.1 Å². The lowest BCUT2D eigenvalue weighted by atomic mass is 9.82. The first kappa shape index (κ1) is 20.0. The third-order valence-electron chi connectivity index (χ3n) is 3.81. The predicted octanol–water partition coefficient (Wildman–Crippen LogP) is 2.40. The molecule has 0 spiro atoms. The van der Waals surface area contributed by atoms with Crippen molar-refractivity contribution in [3.63, 3.8) is 0 Å². The molecule has 0 fully saturated rings. The average molecular weight is 374 g/mol. The van der Waals surface area contributed by atoms with Crippen LogP contribution < -0.4 is 5.73 Å². The Kier molecular flexibility index (Phi) is 6.55. The highest BCUT2D eigenvalue weighted by atomic mass is 19.1. The van der Waals surface area contributed by atoms with E-state index in [4.69, 9.17) is 19.9 Å². The van der Waals surface area contributed by atoms with Gasteiger partial charge in [-0.05, 0) is 31.5 Å². The molecule has 7 nitrogen and oxygen atoms in total. The van der Waals surface area contributed by atoms with Crippen molar-refractivity contribution < 1.29 is 28.2 Å². The Balaban J connectivity index is 2.62. The summed E-state index contributed by atoms with van der Waals surface area (Å²) in [4.78, 5) is 24.5. The molecule has 0 aromatic heterocycles. The van der Waals surface area contributed by atoms with Crippen molar-refractivity contribution in [2.24, 2.45) is 5.73 Å². The molecule has 142 valence electrons. The van der Waals surface area contributed by atoms with Gasteiger partial charge >= 0.3 is 11.9 Å². The highest BCUT2D eigenvalue weighted by Crippen LogP contribution is 2.40. The number of benzene rings is 1. The van der Waals surface area contributed by atoms with Gasteiger partial charge in [0.2, 0.25) is 5.88 Å². The van der Waals surface area contributed by atoms with E-state index in [1.165, 1.54) is 24.3 Å². The van der Waals surface area contributed by atoms with Gasteiger partial charge in [-0.15, -0.1) is 0 Å². The molecule has 0 saturated carbocycles. The molecule has 0 amide bonds. The number of carbonyl (C=O) groups excluding carboxylic acids is 2. The first-order valence-corrected chi connectivity index (χ1v) is 8.31. The molecule has 8 heteroatoms. The third-order valence-corrected chi connectivity index (χ3v) is 3.81. The van der Waals surface area contributed by atoms with E-state index < -0.39 is 23.7 Å². The average Bonchev–Trinajstić information content (AvgIpc) is 2.62. The summed E-state index contributed by atoms with van der Waals surface area (Å²) in [6.45, 7) is 3.49. The van der Waals surface area contributed by atoms with Crippen molar-refractivity contribution in [1.29, 1.82) is 5.26 Å². The molecule has 1 aromatic carbocycles. The molecular formula is C19H19FN2O5. The van der Waals surface area contributed by atoms with E-state index in [1.807, 2.05) is 6.07 Å². The first-order chi connectivity index (χ1) is 12.9. The van der Waals surface area contributed by atoms with Crippen LogP contribution in [0.2, 0.25) is 0 Å². The zero-order valence-corrected chi connectivity index (χ0v) is 15.0. The fourth-order valence-electron chi connectivity index (χ4n) is 2.71. The number of nitrogens with zero attached hydrogens (tertiary/aromatic N) is 1. The van der Waals surface area contributed by atoms with Gasteiger partial charge in [-0.2, -0.15) is 5.26 Å². The zero-order valence-electron chi connectivity index (χ0n) is 15.0. The highest BCUT2D eigenvalue weighted by Gasteiger charge is 2.38. The molecule has 1 aromatic rings. The second kappa shape index (κ2) is 8.85. The molecule has 27 heavy (non-hydrogen) atoms. The number of allylic oxidation sites excluding steroid dienone is 1. The lowest BCUT2D eigenvalue weighted by Crippen LogP contribution is -2.27. The van der Waals surface area contributed by atoms with E-state index in [0.29, 0.717) is 5.56 Å². The van der Waals surface area contributed by atoms with Crippen molar-refractivity contribution >= 4 is 11.9 Å². The number of carbonyl (C=O) groups is 2. The van der Waals surface area contributed by atoms with E-state index >= 15 is 0 Å². The van der Waals surface area contributed by atoms with Crippen molar-refractivity contribution in [3.05, 3.63) is 58.4 Å². The fourth-order valence-corrected chi connectivity index (χ4v) is 2.71. The van der Waals surface area contributed by atoms with E-state index in [2.05, 4.69) is 0 Å². The van der Waals surface area contributed by atoms with Gasteiger partial charge in [-0.25, -0.2) is 9.18 Å². The van der Waals surface area contributed by atoms with Crippen LogP contribution in [-0.2, 0) is 23.8 Å². The van der Waals surface area contributed by atoms with Gasteiger partial charge in [0.25, 0.3) is 0 Å². The maximum Gasteiger partial charge on any atom is 0.338 e. The Morgan fingerprint density at radius 3 is 2.41 bits per heavy atom. The molecular weight excluding hydrogens is 355 g/mol. The number of esters is 2. The number of ether oxygens (including phenoxy) is 3. The number of hydrogen-bond donors (Lipinski definition) is 1. The quantitative estimate of drug-likeness (QED) is 0.761. The number of rotatable bonds is 6. The van der Waals surface area contributed by atoms with Crippen molar-refractivity contribution in [2.75, 3.05) is 13.2 Å². The second-order valence-corrected chi connectivity index (χ2v) is 5.52. The predicted molar refractivity (Wildman–Crippen MR) is 92.0 cm³/mol. The highest BCUT2D eigenvalue weighted by molar-refractivity contribution is 5.93. The van der Waals surface area contributed by atoms with Gasteiger partial charge in [-0.3, -0.25) is 4.79 Å². The summed E-state index contributed by atoms with van der Waals surface area (Å²) < 4.78 is 28.7. The summed E-state index contributed by atoms with van der Waals surface area (Å²) in [5.74, 6) is -3.11. The maximum atomic E-state index is 13.3. The van der Waals surface area contributed by atoms with Gasteiger partial charge in [0, 0.05) is 0 Å². The number of nitrogens with two attached hydrogens (primary N) is 1. The van der Waals surface area contributed by atoms with Crippen LogP contribution >= 0.6 is 0 Å². The van der Waals surface area contributed by atoms with E-state index in [9.17, 15) is 19.2 Å². The third kappa shape index (κ3) is 4.44. The summed E-state index contributed by atoms with van der Waals surface area (Å²) in [6.07, 6.45) is -0.362. The Morgan fingerprint density at radius 1 is 1.22 bits per heavy atom. The van der Waals surface area contributed by atoms with Crippen LogP contribution in [0.25, 0.3) is 0 Å². The van der Waals surface area contributed by atoms with E-state index in [0.717, 1.165) is 0 Å². The molecule has 1 aliphatic heterocycles. The molecule has 2 rings (SSSR count). The van der Waals surface area contributed by atoms with Crippen LogP contribution in [0.5, 0.6) is 0 Å². The summed E-state index contributed by atoms with van der Waals surface area (Å²) in [7, 11) is 0. The molecule has 0 saturated heterocycles. The van der Waals surface area contributed by atoms with Crippen LogP contribution in [0, 0.1) is 17.1 Å². The van der Waals surface area contributed by atoms with Crippen LogP contribution in [0.4, 0.5) is 4.39 Å². The van der Waals surface area contributed by atoms with Crippen LogP contribution in [0.3, 0.4) is 0 Å². The van der Waals surface area contributed by atoms with Gasteiger partial charge in [0.05, 0.1) is 24.7 Å². The summed E-state index contributed by atoms with van der Waals surface area (Å²) in [5, 5.41) is 9.52. The molecule has 0 bridgehead atoms. The van der Waals surface area contributed by atoms with Crippen molar-refractivity contribution in [3.8, 4) is 6.07 Å². The Labute approximate surface area is 155 Å². The van der Waals surface area contributed by atoms with Crippen molar-refractivity contribution in [1.82, 2.24) is 0 Å². The Hall–Kier alpha value is -3.34. The second-order valence-electron chi connectivity index (χ2n) is 5.52. The molecule has 0 radical (unpaired) electrons. The largest absolute Gasteiger partial charge is 0.466 e. The number of hydrogen-bond acceptors (Lipinski definition) is 7.